The summed E-state index contributed by atoms with van der Waals surface area (Å²) in [6.45, 7) is 16.2. The molecule has 0 unspecified atom stereocenters. The molecular formula is C26H40NO5SSi. The van der Waals surface area contributed by atoms with Gasteiger partial charge in [-0.25, -0.2) is 0 Å². The van der Waals surface area contributed by atoms with Gasteiger partial charge in [0.15, 0.2) is 5.12 Å². The molecule has 1 aromatic rings. The van der Waals surface area contributed by atoms with E-state index in [0.29, 0.717) is 6.61 Å². The van der Waals surface area contributed by atoms with Gasteiger partial charge in [0, 0.05) is 18.9 Å². The molecule has 8 heteroatoms. The van der Waals surface area contributed by atoms with Crippen molar-refractivity contribution in [1.82, 2.24) is 4.90 Å². The molecule has 6 nitrogen and oxygen atoms in total. The minimum atomic E-state index is -0.949. The quantitative estimate of drug-likeness (QED) is 0.215. The van der Waals surface area contributed by atoms with Crippen LogP contribution in [0, 0.1) is 17.3 Å². The van der Waals surface area contributed by atoms with E-state index in [2.05, 4.69) is 46.5 Å². The Morgan fingerprint density at radius 3 is 2.15 bits per heavy atom. The molecule has 1 aromatic carbocycles. The molecule has 0 N–H and O–H groups in total. The molecule has 4 atom stereocenters. The Morgan fingerprint density at radius 2 is 1.68 bits per heavy atom. The molecule has 189 valence electrons. The number of hydrogen-bond acceptors (Lipinski definition) is 5. The third-order valence-electron chi connectivity index (χ3n) is 6.15. The van der Waals surface area contributed by atoms with E-state index in [1.807, 2.05) is 30.3 Å². The zero-order valence-electron chi connectivity index (χ0n) is 21.8. The lowest BCUT2D eigenvalue weighted by Crippen LogP contribution is -2.68. The highest BCUT2D eigenvalue weighted by Crippen LogP contribution is 2.48. The van der Waals surface area contributed by atoms with Crippen LogP contribution in [0.25, 0.3) is 0 Å². The maximum absolute atomic E-state index is 13.6. The van der Waals surface area contributed by atoms with Gasteiger partial charge in [0.25, 0.3) is 0 Å². The fourth-order valence-electron chi connectivity index (χ4n) is 4.64. The first-order valence-electron chi connectivity index (χ1n) is 11.8. The summed E-state index contributed by atoms with van der Waals surface area (Å²) in [4.78, 5) is 40.1. The first-order valence-corrected chi connectivity index (χ1v) is 14.7. The van der Waals surface area contributed by atoms with Crippen molar-refractivity contribution in [1.29, 1.82) is 0 Å². The lowest BCUT2D eigenvalue weighted by molar-refractivity contribution is -0.178. The van der Waals surface area contributed by atoms with Crippen LogP contribution < -0.4 is 0 Å². The first kappa shape index (κ1) is 28.6. The predicted octanol–water partition coefficient (Wildman–Crippen LogP) is 4.72. The van der Waals surface area contributed by atoms with Crippen LogP contribution >= 0.6 is 12.6 Å². The van der Waals surface area contributed by atoms with Crippen molar-refractivity contribution >= 4 is 38.7 Å². The number of thiol groups is 1. The highest BCUT2D eigenvalue weighted by molar-refractivity contribution is 7.96. The molecule has 1 aliphatic rings. The molecule has 0 aromatic heterocycles. The van der Waals surface area contributed by atoms with Crippen LogP contribution in [0.5, 0.6) is 0 Å². The molecule has 0 saturated carbocycles. The van der Waals surface area contributed by atoms with Crippen molar-refractivity contribution < 1.29 is 23.5 Å². The molecule has 1 radical (unpaired) electrons. The number of esters is 1. The SMILES string of the molecule is C[Si](C)OC[C@H]([C@@H]1C(=O)N(CC(=O)OC(C)(C)C)[C@H]1[C@H](CC(=O)S)c1ccccc1)C(C)(C)C. The van der Waals surface area contributed by atoms with Crippen LogP contribution in [0.2, 0.25) is 13.1 Å². The van der Waals surface area contributed by atoms with E-state index in [1.54, 1.807) is 25.7 Å². The number of amides is 1. The second kappa shape index (κ2) is 11.4. The topological polar surface area (TPSA) is 72.9 Å². The molecule has 1 heterocycles. The van der Waals surface area contributed by atoms with Gasteiger partial charge in [-0.15, -0.1) is 12.6 Å². The van der Waals surface area contributed by atoms with Crippen LogP contribution in [-0.4, -0.2) is 55.7 Å². The van der Waals surface area contributed by atoms with Gasteiger partial charge >= 0.3 is 5.97 Å². The summed E-state index contributed by atoms with van der Waals surface area (Å²) in [5.74, 6) is -1.27. The molecular weight excluding hydrogens is 466 g/mol. The second-order valence-electron chi connectivity index (χ2n) is 11.4. The fourth-order valence-corrected chi connectivity index (χ4v) is 5.35. The smallest absolute Gasteiger partial charge is 0.326 e. The Balaban J connectivity index is 2.49. The highest BCUT2D eigenvalue weighted by Gasteiger charge is 2.57. The average molecular weight is 507 g/mol. The van der Waals surface area contributed by atoms with Gasteiger partial charge in [-0.1, -0.05) is 51.1 Å². The molecule has 1 amide bonds. The van der Waals surface area contributed by atoms with Gasteiger partial charge in [0.05, 0.1) is 12.0 Å². The normalized spacial score (nSPS) is 20.6. The van der Waals surface area contributed by atoms with Gasteiger partial charge in [0.1, 0.15) is 12.1 Å². The summed E-state index contributed by atoms with van der Waals surface area (Å²) in [5, 5.41) is -0.250. The zero-order valence-corrected chi connectivity index (χ0v) is 23.6. The molecule has 0 aliphatic carbocycles. The third kappa shape index (κ3) is 7.68. The van der Waals surface area contributed by atoms with Crippen molar-refractivity contribution in [2.45, 2.75) is 78.6 Å². The van der Waals surface area contributed by atoms with Crippen molar-refractivity contribution in [3.05, 3.63) is 35.9 Å². The summed E-state index contributed by atoms with van der Waals surface area (Å²) >= 11 is 4.08. The number of rotatable bonds is 10. The van der Waals surface area contributed by atoms with Crippen LogP contribution in [0.1, 0.15) is 59.4 Å². The Bertz CT molecular complexity index is 862. The number of nitrogens with zero attached hydrogens (tertiary/aromatic N) is 1. The maximum Gasteiger partial charge on any atom is 0.326 e. The Morgan fingerprint density at radius 1 is 1.09 bits per heavy atom. The van der Waals surface area contributed by atoms with E-state index >= 15 is 0 Å². The van der Waals surface area contributed by atoms with Crippen LogP contribution in [0.15, 0.2) is 30.3 Å². The number of benzene rings is 1. The average Bonchev–Trinajstić information content (AvgIpc) is 2.68. The van der Waals surface area contributed by atoms with Crippen molar-refractivity contribution in [3.8, 4) is 0 Å². The standard InChI is InChI=1S/C26H40NO5SSi/c1-25(2,3)19(16-31-34(7)8)22-23(18(14-21(29)33)17-12-10-9-11-13-17)27(24(22)30)15-20(28)32-26(4,5)6/h9-13,18-19,22-23H,14-16H2,1-8H3,(H,29,33)/t18-,19-,22+,23+/m1/s1. The van der Waals surface area contributed by atoms with E-state index in [-0.39, 0.29) is 53.2 Å². The van der Waals surface area contributed by atoms with Gasteiger partial charge in [0.2, 0.25) is 14.9 Å². The van der Waals surface area contributed by atoms with Crippen molar-refractivity contribution in [2.24, 2.45) is 17.3 Å². The minimum absolute atomic E-state index is 0.0685. The van der Waals surface area contributed by atoms with Crippen LogP contribution in [-0.2, 0) is 23.5 Å². The second-order valence-corrected chi connectivity index (χ2v) is 14.0. The van der Waals surface area contributed by atoms with Crippen LogP contribution in [0.3, 0.4) is 0 Å². The summed E-state index contributed by atoms with van der Waals surface area (Å²) in [5.41, 5.74) is 0.0911. The zero-order chi connectivity index (χ0) is 25.8. The summed E-state index contributed by atoms with van der Waals surface area (Å²) < 4.78 is 11.6. The summed E-state index contributed by atoms with van der Waals surface area (Å²) in [7, 11) is -0.949. The number of hydrogen-bond donors (Lipinski definition) is 1. The molecule has 1 saturated heterocycles. The predicted molar refractivity (Wildman–Crippen MR) is 139 cm³/mol. The molecule has 1 fully saturated rings. The number of likely N-dealkylation sites (tertiary alicyclic amines) is 1. The van der Waals surface area contributed by atoms with Gasteiger partial charge in [-0.05, 0) is 50.8 Å². The summed E-state index contributed by atoms with van der Waals surface area (Å²) in [6.07, 6.45) is 0.167. The Labute approximate surface area is 211 Å². The number of carbonyl (C=O) groups is 3. The third-order valence-corrected chi connectivity index (χ3v) is 7.07. The summed E-state index contributed by atoms with van der Waals surface area (Å²) in [6, 6.07) is 9.36. The highest BCUT2D eigenvalue weighted by atomic mass is 32.1. The number of β-lactam (4-membered cyclic amide) rings is 1. The van der Waals surface area contributed by atoms with Gasteiger partial charge in [-0.3, -0.25) is 14.4 Å². The monoisotopic (exact) mass is 506 g/mol. The van der Waals surface area contributed by atoms with E-state index in [4.69, 9.17) is 9.16 Å². The van der Waals surface area contributed by atoms with Gasteiger partial charge < -0.3 is 14.1 Å². The lowest BCUT2D eigenvalue weighted by atomic mass is 9.62. The Kier molecular flexibility index (Phi) is 9.58. The van der Waals surface area contributed by atoms with Crippen molar-refractivity contribution in [2.75, 3.05) is 13.2 Å². The molecule has 34 heavy (non-hydrogen) atoms. The van der Waals surface area contributed by atoms with E-state index in [0.717, 1.165) is 5.56 Å². The fraction of sp³-hybridized carbons (Fsp3) is 0.654. The van der Waals surface area contributed by atoms with Crippen LogP contribution in [0.4, 0.5) is 0 Å². The molecule has 2 rings (SSSR count). The van der Waals surface area contributed by atoms with Gasteiger partial charge in [-0.2, -0.15) is 0 Å². The lowest BCUT2D eigenvalue weighted by Gasteiger charge is -2.55. The largest absolute Gasteiger partial charge is 0.459 e. The number of ether oxygens (including phenoxy) is 1. The molecule has 1 aliphatic heterocycles. The maximum atomic E-state index is 13.6. The number of carbonyl (C=O) groups excluding carboxylic acids is 3. The molecule has 0 spiro atoms. The Hall–Kier alpha value is -1.64. The van der Waals surface area contributed by atoms with E-state index < -0.39 is 20.6 Å². The minimum Gasteiger partial charge on any atom is -0.459 e. The van der Waals surface area contributed by atoms with Crippen molar-refractivity contribution in [3.63, 3.8) is 0 Å². The van der Waals surface area contributed by atoms with E-state index in [9.17, 15) is 14.4 Å². The molecule has 0 bridgehead atoms. The van der Waals surface area contributed by atoms with E-state index in [1.165, 1.54) is 0 Å². The first-order chi connectivity index (χ1) is 15.6.